The van der Waals surface area contributed by atoms with Gasteiger partial charge in [0.1, 0.15) is 5.82 Å². The first-order valence-electron chi connectivity index (χ1n) is 4.60. The lowest BCUT2D eigenvalue weighted by molar-refractivity contribution is 0.612. The lowest BCUT2D eigenvalue weighted by Gasteiger charge is -2.11. The maximum absolute atomic E-state index is 12.9. The summed E-state index contributed by atoms with van der Waals surface area (Å²) < 4.78 is 12.9. The van der Waals surface area contributed by atoms with E-state index in [-0.39, 0.29) is 11.9 Å². The molecule has 0 saturated heterocycles. The molecule has 0 aliphatic carbocycles. The highest BCUT2D eigenvalue weighted by Crippen LogP contribution is 2.18. The number of hydrogen-bond donors (Lipinski definition) is 1. The highest BCUT2D eigenvalue weighted by atomic mass is 19.1. The largest absolute Gasteiger partial charge is 0.324 e. The highest BCUT2D eigenvalue weighted by molar-refractivity contribution is 5.26. The van der Waals surface area contributed by atoms with Crippen molar-refractivity contribution in [2.24, 2.45) is 5.73 Å². The smallest absolute Gasteiger partial charge is 0.126 e. The van der Waals surface area contributed by atoms with Crippen LogP contribution in [0.25, 0.3) is 0 Å². The number of nitrogens with two attached hydrogens (primary N) is 1. The molecule has 0 saturated carbocycles. The summed E-state index contributed by atoms with van der Waals surface area (Å²) >= 11 is 0. The third-order valence-electron chi connectivity index (χ3n) is 2.21. The molecule has 1 atom stereocenters. The molecule has 0 amide bonds. The van der Waals surface area contributed by atoms with E-state index in [0.717, 1.165) is 12.0 Å². The molecule has 0 bridgehead atoms. The van der Waals surface area contributed by atoms with E-state index in [0.29, 0.717) is 12.0 Å². The fraction of sp³-hybridized carbons (Fsp3) is 0.333. The van der Waals surface area contributed by atoms with Gasteiger partial charge >= 0.3 is 0 Å². The van der Waals surface area contributed by atoms with Crippen molar-refractivity contribution < 1.29 is 4.39 Å². The van der Waals surface area contributed by atoms with Gasteiger partial charge in [0, 0.05) is 12.5 Å². The number of terminal acetylenes is 1. The van der Waals surface area contributed by atoms with E-state index in [1.54, 1.807) is 19.1 Å². The fourth-order valence-electron chi connectivity index (χ4n) is 1.30. The Kier molecular flexibility index (Phi) is 3.67. The topological polar surface area (TPSA) is 26.0 Å². The van der Waals surface area contributed by atoms with Crippen LogP contribution in [0.2, 0.25) is 0 Å². The molecule has 1 rings (SSSR count). The van der Waals surface area contributed by atoms with Crippen LogP contribution in [0, 0.1) is 25.1 Å². The van der Waals surface area contributed by atoms with Gasteiger partial charge in [0.15, 0.2) is 0 Å². The van der Waals surface area contributed by atoms with Crippen molar-refractivity contribution in [1.29, 1.82) is 0 Å². The molecular formula is C12H14FN. The van der Waals surface area contributed by atoms with E-state index >= 15 is 0 Å². The molecule has 1 aromatic rings. The molecule has 1 aromatic carbocycles. The molecule has 0 heterocycles. The predicted octanol–water partition coefficient (Wildman–Crippen LogP) is 2.55. The summed E-state index contributed by atoms with van der Waals surface area (Å²) in [5, 5.41) is 0. The molecule has 0 spiro atoms. The molecule has 0 radical (unpaired) electrons. The minimum Gasteiger partial charge on any atom is -0.324 e. The normalized spacial score (nSPS) is 12.1. The molecule has 2 heteroatoms. The zero-order valence-electron chi connectivity index (χ0n) is 8.26. The van der Waals surface area contributed by atoms with Crippen molar-refractivity contribution in [3.8, 4) is 12.3 Å². The SMILES string of the molecule is C#CCCC(N)c1ccc(F)c(C)c1. The zero-order valence-corrected chi connectivity index (χ0v) is 8.26. The first kappa shape index (κ1) is 10.7. The van der Waals surface area contributed by atoms with Gasteiger partial charge < -0.3 is 5.73 Å². The number of halogens is 1. The van der Waals surface area contributed by atoms with E-state index in [2.05, 4.69) is 5.92 Å². The molecule has 1 unspecified atom stereocenters. The minimum absolute atomic E-state index is 0.0923. The van der Waals surface area contributed by atoms with Crippen molar-refractivity contribution in [2.75, 3.05) is 0 Å². The maximum Gasteiger partial charge on any atom is 0.126 e. The van der Waals surface area contributed by atoms with Crippen molar-refractivity contribution in [2.45, 2.75) is 25.8 Å². The van der Waals surface area contributed by atoms with Gasteiger partial charge in [-0.25, -0.2) is 4.39 Å². The quantitative estimate of drug-likeness (QED) is 0.730. The number of hydrogen-bond acceptors (Lipinski definition) is 1. The summed E-state index contributed by atoms with van der Waals surface area (Å²) in [6.07, 6.45) is 6.53. The molecular weight excluding hydrogens is 177 g/mol. The maximum atomic E-state index is 12.9. The van der Waals surface area contributed by atoms with Gasteiger partial charge in [-0.05, 0) is 30.5 Å². The molecule has 2 N–H and O–H groups in total. The van der Waals surface area contributed by atoms with Gasteiger partial charge in [-0.15, -0.1) is 12.3 Å². The van der Waals surface area contributed by atoms with Gasteiger partial charge in [-0.2, -0.15) is 0 Å². The van der Waals surface area contributed by atoms with Crippen molar-refractivity contribution >= 4 is 0 Å². The summed E-state index contributed by atoms with van der Waals surface area (Å²) in [5.74, 6) is 2.34. The molecule has 14 heavy (non-hydrogen) atoms. The van der Waals surface area contributed by atoms with Crippen LogP contribution in [0.15, 0.2) is 18.2 Å². The second kappa shape index (κ2) is 4.78. The Morgan fingerprint density at radius 1 is 1.57 bits per heavy atom. The summed E-state index contributed by atoms with van der Waals surface area (Å²) in [6, 6.07) is 4.84. The Hall–Kier alpha value is -1.33. The van der Waals surface area contributed by atoms with E-state index in [1.807, 2.05) is 0 Å². The average molecular weight is 191 g/mol. The lowest BCUT2D eigenvalue weighted by atomic mass is 10.0. The van der Waals surface area contributed by atoms with Crippen molar-refractivity contribution in [3.63, 3.8) is 0 Å². The monoisotopic (exact) mass is 191 g/mol. The Balaban J connectivity index is 2.76. The Labute approximate surface area is 84.1 Å². The van der Waals surface area contributed by atoms with Crippen LogP contribution in [0.1, 0.15) is 30.0 Å². The summed E-state index contributed by atoms with van der Waals surface area (Å²) in [7, 11) is 0. The van der Waals surface area contributed by atoms with E-state index in [4.69, 9.17) is 12.2 Å². The molecule has 74 valence electrons. The Morgan fingerprint density at radius 2 is 2.29 bits per heavy atom. The standard InChI is InChI=1S/C12H14FN/c1-3-4-5-12(14)10-6-7-11(13)9(2)8-10/h1,6-8,12H,4-5,14H2,2H3. The first-order chi connectivity index (χ1) is 6.65. The molecule has 0 fully saturated rings. The summed E-state index contributed by atoms with van der Waals surface area (Å²) in [6.45, 7) is 1.73. The van der Waals surface area contributed by atoms with Gasteiger partial charge in [-0.1, -0.05) is 12.1 Å². The molecule has 0 aliphatic heterocycles. The zero-order chi connectivity index (χ0) is 10.6. The van der Waals surface area contributed by atoms with E-state index < -0.39 is 0 Å². The highest BCUT2D eigenvalue weighted by Gasteiger charge is 2.06. The van der Waals surface area contributed by atoms with Crippen molar-refractivity contribution in [1.82, 2.24) is 0 Å². The second-order valence-electron chi connectivity index (χ2n) is 3.36. The number of benzene rings is 1. The van der Waals surface area contributed by atoms with E-state index in [9.17, 15) is 4.39 Å². The van der Waals surface area contributed by atoms with Crippen LogP contribution in [0.4, 0.5) is 4.39 Å². The van der Waals surface area contributed by atoms with Crippen LogP contribution in [0.3, 0.4) is 0 Å². The van der Waals surface area contributed by atoms with Gasteiger partial charge in [0.05, 0.1) is 0 Å². The average Bonchev–Trinajstić information content (AvgIpc) is 2.18. The molecule has 0 aromatic heterocycles. The van der Waals surface area contributed by atoms with Crippen molar-refractivity contribution in [3.05, 3.63) is 35.1 Å². The van der Waals surface area contributed by atoms with Crippen LogP contribution in [-0.2, 0) is 0 Å². The minimum atomic E-state index is -0.196. The Bertz CT molecular complexity index is 352. The van der Waals surface area contributed by atoms with Crippen LogP contribution in [-0.4, -0.2) is 0 Å². The van der Waals surface area contributed by atoms with Gasteiger partial charge in [0.25, 0.3) is 0 Å². The first-order valence-corrected chi connectivity index (χ1v) is 4.60. The van der Waals surface area contributed by atoms with Crippen LogP contribution >= 0.6 is 0 Å². The fourth-order valence-corrected chi connectivity index (χ4v) is 1.30. The molecule has 1 nitrogen and oxygen atoms in total. The number of aryl methyl sites for hydroxylation is 1. The van der Waals surface area contributed by atoms with E-state index in [1.165, 1.54) is 6.07 Å². The number of rotatable bonds is 3. The Morgan fingerprint density at radius 3 is 2.86 bits per heavy atom. The third-order valence-corrected chi connectivity index (χ3v) is 2.21. The van der Waals surface area contributed by atoms with Gasteiger partial charge in [-0.3, -0.25) is 0 Å². The van der Waals surface area contributed by atoms with Crippen LogP contribution in [0.5, 0.6) is 0 Å². The third kappa shape index (κ3) is 2.58. The second-order valence-corrected chi connectivity index (χ2v) is 3.36. The predicted molar refractivity (Wildman–Crippen MR) is 56.1 cm³/mol. The van der Waals surface area contributed by atoms with Crippen LogP contribution < -0.4 is 5.73 Å². The van der Waals surface area contributed by atoms with Gasteiger partial charge in [0.2, 0.25) is 0 Å². The molecule has 0 aliphatic rings. The lowest BCUT2D eigenvalue weighted by Crippen LogP contribution is -2.10. The summed E-state index contributed by atoms with van der Waals surface area (Å²) in [4.78, 5) is 0. The summed E-state index contributed by atoms with van der Waals surface area (Å²) in [5.41, 5.74) is 7.45.